The fourth-order valence-electron chi connectivity index (χ4n) is 5.13. The van der Waals surface area contributed by atoms with Crippen LogP contribution in [0.15, 0.2) is 24.3 Å². The third-order valence-electron chi connectivity index (χ3n) is 6.69. The molecule has 3 atom stereocenters. The summed E-state index contributed by atoms with van der Waals surface area (Å²) in [6.07, 6.45) is 6.30. The first-order valence-corrected chi connectivity index (χ1v) is 10.9. The maximum Gasteiger partial charge on any atom is 0.249 e. The van der Waals surface area contributed by atoms with Gasteiger partial charge in [0.25, 0.3) is 0 Å². The van der Waals surface area contributed by atoms with Crippen molar-refractivity contribution >= 4 is 11.8 Å². The largest absolute Gasteiger partial charge is 0.394 e. The maximum absolute atomic E-state index is 12.6. The lowest BCUT2D eigenvalue weighted by molar-refractivity contribution is -0.168. The SMILES string of the molecule is COCC(=O)N1CC(=O)N2[C@H](CO)[C@H](c3ccc(C#CC4CCCCC4)cc3)[C@H]2C1. The van der Waals surface area contributed by atoms with Crippen molar-refractivity contribution in [1.82, 2.24) is 9.80 Å². The number of methoxy groups -OCH3 is 1. The van der Waals surface area contributed by atoms with Crippen LogP contribution in [-0.4, -0.2) is 72.2 Å². The second-order valence-electron chi connectivity index (χ2n) is 8.58. The van der Waals surface area contributed by atoms with Crippen LogP contribution in [0.25, 0.3) is 0 Å². The number of aliphatic hydroxyl groups is 1. The van der Waals surface area contributed by atoms with Crippen LogP contribution in [0.4, 0.5) is 0 Å². The summed E-state index contributed by atoms with van der Waals surface area (Å²) in [4.78, 5) is 28.1. The number of nitrogens with zero attached hydrogens (tertiary/aromatic N) is 2. The summed E-state index contributed by atoms with van der Waals surface area (Å²) in [5.41, 5.74) is 2.07. The van der Waals surface area contributed by atoms with E-state index in [1.54, 1.807) is 9.80 Å². The molecule has 3 aliphatic rings. The van der Waals surface area contributed by atoms with Gasteiger partial charge in [0.15, 0.2) is 0 Å². The summed E-state index contributed by atoms with van der Waals surface area (Å²) >= 11 is 0. The Balaban J connectivity index is 1.47. The smallest absolute Gasteiger partial charge is 0.249 e. The Bertz CT molecular complexity index is 835. The van der Waals surface area contributed by atoms with E-state index in [9.17, 15) is 14.7 Å². The molecule has 160 valence electrons. The van der Waals surface area contributed by atoms with Gasteiger partial charge >= 0.3 is 0 Å². The van der Waals surface area contributed by atoms with Crippen molar-refractivity contribution < 1.29 is 19.4 Å². The van der Waals surface area contributed by atoms with Crippen molar-refractivity contribution in [2.45, 2.75) is 50.1 Å². The number of fused-ring (bicyclic) bond motifs is 1. The average molecular weight is 411 g/mol. The number of aliphatic hydroxyl groups excluding tert-OH is 1. The second kappa shape index (κ2) is 9.20. The molecule has 0 radical (unpaired) electrons. The highest BCUT2D eigenvalue weighted by Gasteiger charge is 2.54. The van der Waals surface area contributed by atoms with E-state index < -0.39 is 0 Å². The van der Waals surface area contributed by atoms with Crippen molar-refractivity contribution in [3.05, 3.63) is 35.4 Å². The zero-order valence-corrected chi connectivity index (χ0v) is 17.5. The molecule has 3 fully saturated rings. The van der Waals surface area contributed by atoms with Crippen LogP contribution >= 0.6 is 0 Å². The lowest BCUT2D eigenvalue weighted by Crippen LogP contribution is -2.73. The predicted molar refractivity (Wildman–Crippen MR) is 113 cm³/mol. The predicted octanol–water partition coefficient (Wildman–Crippen LogP) is 1.76. The third-order valence-corrected chi connectivity index (χ3v) is 6.69. The number of amides is 2. The molecule has 4 rings (SSSR count). The summed E-state index contributed by atoms with van der Waals surface area (Å²) in [5.74, 6) is 6.97. The lowest BCUT2D eigenvalue weighted by atomic mass is 9.73. The Morgan fingerprint density at radius 3 is 2.60 bits per heavy atom. The Labute approximate surface area is 178 Å². The average Bonchev–Trinajstić information content (AvgIpc) is 2.75. The highest BCUT2D eigenvalue weighted by molar-refractivity contribution is 5.88. The van der Waals surface area contributed by atoms with Gasteiger partial charge in [-0.05, 0) is 30.5 Å². The summed E-state index contributed by atoms with van der Waals surface area (Å²) in [7, 11) is 1.47. The van der Waals surface area contributed by atoms with Gasteiger partial charge in [0, 0.05) is 31.1 Å². The Morgan fingerprint density at radius 2 is 1.93 bits per heavy atom. The normalized spacial score (nSPS) is 26.5. The van der Waals surface area contributed by atoms with Gasteiger partial charge in [-0.2, -0.15) is 0 Å². The van der Waals surface area contributed by atoms with E-state index >= 15 is 0 Å². The van der Waals surface area contributed by atoms with E-state index in [1.165, 1.54) is 39.2 Å². The summed E-state index contributed by atoms with van der Waals surface area (Å²) in [6, 6.07) is 7.82. The Morgan fingerprint density at radius 1 is 1.20 bits per heavy atom. The molecule has 1 aromatic carbocycles. The number of hydrogen-bond donors (Lipinski definition) is 1. The van der Waals surface area contributed by atoms with Gasteiger partial charge in [0.1, 0.15) is 6.61 Å². The number of hydrogen-bond acceptors (Lipinski definition) is 4. The molecule has 1 N–H and O–H groups in total. The molecule has 6 nitrogen and oxygen atoms in total. The number of rotatable bonds is 4. The number of piperazine rings is 1. The van der Waals surface area contributed by atoms with Crippen molar-refractivity contribution in [1.29, 1.82) is 0 Å². The quantitative estimate of drug-likeness (QED) is 0.768. The van der Waals surface area contributed by atoms with E-state index in [0.717, 1.165) is 11.1 Å². The molecule has 1 aromatic rings. The first-order valence-electron chi connectivity index (χ1n) is 10.9. The Kier molecular flexibility index (Phi) is 6.40. The van der Waals surface area contributed by atoms with Crippen LogP contribution in [0, 0.1) is 17.8 Å². The molecule has 2 amide bonds. The van der Waals surface area contributed by atoms with Gasteiger partial charge in [-0.1, -0.05) is 43.2 Å². The van der Waals surface area contributed by atoms with Gasteiger partial charge in [-0.15, -0.1) is 0 Å². The highest BCUT2D eigenvalue weighted by atomic mass is 16.5. The second-order valence-corrected chi connectivity index (χ2v) is 8.58. The molecule has 6 heteroatoms. The standard InChI is InChI=1S/C24H30N2O4/c1-30-16-23(29)25-13-20-24(21(15-27)26(20)22(28)14-25)19-11-9-18(10-12-19)8-7-17-5-3-2-4-6-17/h9-12,17,20-21,24,27H,2-6,13-16H2,1H3/t20-,21-,24-/m1/s1. The highest BCUT2D eigenvalue weighted by Crippen LogP contribution is 2.42. The molecule has 30 heavy (non-hydrogen) atoms. The minimum Gasteiger partial charge on any atom is -0.394 e. The fraction of sp³-hybridized carbons (Fsp3) is 0.583. The van der Waals surface area contributed by atoms with Gasteiger partial charge in [0.2, 0.25) is 11.8 Å². The van der Waals surface area contributed by atoms with Crippen molar-refractivity contribution in [2.75, 3.05) is 33.4 Å². The number of carbonyl (C=O) groups excluding carboxylic acids is 2. The molecule has 1 saturated carbocycles. The van der Waals surface area contributed by atoms with E-state index in [-0.39, 0.29) is 49.6 Å². The topological polar surface area (TPSA) is 70.1 Å². The molecule has 2 heterocycles. The molecule has 2 aliphatic heterocycles. The van der Waals surface area contributed by atoms with Gasteiger partial charge < -0.3 is 19.6 Å². The van der Waals surface area contributed by atoms with E-state index in [0.29, 0.717) is 12.5 Å². The monoisotopic (exact) mass is 410 g/mol. The molecule has 0 aromatic heterocycles. The molecule has 1 aliphatic carbocycles. The first-order chi connectivity index (χ1) is 14.6. The summed E-state index contributed by atoms with van der Waals surface area (Å²) in [6.45, 7) is 0.417. The van der Waals surface area contributed by atoms with Crippen molar-refractivity contribution in [3.8, 4) is 11.8 Å². The number of ether oxygens (including phenoxy) is 1. The molecular weight excluding hydrogens is 380 g/mol. The van der Waals surface area contributed by atoms with E-state index in [1.807, 2.05) is 12.1 Å². The van der Waals surface area contributed by atoms with Gasteiger partial charge in [0.05, 0.1) is 25.2 Å². The van der Waals surface area contributed by atoms with Crippen molar-refractivity contribution in [3.63, 3.8) is 0 Å². The zero-order valence-electron chi connectivity index (χ0n) is 17.5. The molecule has 0 bridgehead atoms. The minimum atomic E-state index is -0.235. The molecule has 0 spiro atoms. The zero-order chi connectivity index (χ0) is 21.1. The van der Waals surface area contributed by atoms with Gasteiger partial charge in [-0.3, -0.25) is 9.59 Å². The molecular formula is C24H30N2O4. The third kappa shape index (κ3) is 4.10. The maximum atomic E-state index is 12.6. The summed E-state index contributed by atoms with van der Waals surface area (Å²) in [5, 5.41) is 9.90. The molecule has 2 saturated heterocycles. The molecule has 0 unspecified atom stereocenters. The van der Waals surface area contributed by atoms with E-state index in [4.69, 9.17) is 4.74 Å². The first kappa shape index (κ1) is 20.9. The van der Waals surface area contributed by atoms with Crippen molar-refractivity contribution in [2.24, 2.45) is 5.92 Å². The Hall–Kier alpha value is -2.36. The van der Waals surface area contributed by atoms with E-state index in [2.05, 4.69) is 24.0 Å². The van der Waals surface area contributed by atoms with Crippen LogP contribution in [0.1, 0.15) is 49.1 Å². The van der Waals surface area contributed by atoms with Crippen LogP contribution in [0.5, 0.6) is 0 Å². The number of carbonyl (C=O) groups is 2. The van der Waals surface area contributed by atoms with Crippen LogP contribution in [0.3, 0.4) is 0 Å². The van der Waals surface area contributed by atoms with Crippen LogP contribution in [-0.2, 0) is 14.3 Å². The van der Waals surface area contributed by atoms with Crippen LogP contribution in [0.2, 0.25) is 0 Å². The minimum absolute atomic E-state index is 0.0115. The van der Waals surface area contributed by atoms with Gasteiger partial charge in [-0.25, -0.2) is 0 Å². The fourth-order valence-corrected chi connectivity index (χ4v) is 5.13. The van der Waals surface area contributed by atoms with Crippen LogP contribution < -0.4 is 0 Å². The summed E-state index contributed by atoms with van der Waals surface area (Å²) < 4.78 is 4.94. The number of benzene rings is 1. The lowest BCUT2D eigenvalue weighted by Gasteiger charge is -2.58.